The Bertz CT molecular complexity index is 505. The van der Waals surface area contributed by atoms with Crippen molar-refractivity contribution in [1.82, 2.24) is 20.4 Å². The summed E-state index contributed by atoms with van der Waals surface area (Å²) in [4.78, 5) is 38.8. The van der Waals surface area contributed by atoms with Crippen LogP contribution in [-0.2, 0) is 9.59 Å². The normalized spacial score (nSPS) is 20.8. The van der Waals surface area contributed by atoms with Gasteiger partial charge in [0.25, 0.3) is 5.91 Å². The van der Waals surface area contributed by atoms with Gasteiger partial charge in [0.2, 0.25) is 5.91 Å². The third kappa shape index (κ3) is 3.20. The third-order valence-corrected chi connectivity index (χ3v) is 4.12. The van der Waals surface area contributed by atoms with E-state index in [9.17, 15) is 14.4 Å². The Morgan fingerprint density at radius 2 is 2.09 bits per heavy atom. The Morgan fingerprint density at radius 1 is 1.41 bits per heavy atom. The molecule has 0 aromatic rings. The molecule has 2 N–H and O–H groups in total. The zero-order valence-electron chi connectivity index (χ0n) is 12.7. The molecule has 4 amide bonds. The summed E-state index contributed by atoms with van der Waals surface area (Å²) in [7, 11) is 0. The summed E-state index contributed by atoms with van der Waals surface area (Å²) in [6.45, 7) is 3.86. The lowest BCUT2D eigenvalue weighted by molar-refractivity contribution is -0.132. The van der Waals surface area contributed by atoms with E-state index < -0.39 is 11.6 Å². The molecule has 2 aliphatic rings. The van der Waals surface area contributed by atoms with Crippen LogP contribution < -0.4 is 10.6 Å². The van der Waals surface area contributed by atoms with Crippen molar-refractivity contribution in [2.24, 2.45) is 0 Å². The van der Waals surface area contributed by atoms with Gasteiger partial charge in [-0.15, -0.1) is 0 Å². The minimum Gasteiger partial charge on any atom is -0.355 e. The van der Waals surface area contributed by atoms with Crippen molar-refractivity contribution < 1.29 is 14.4 Å². The summed E-state index contributed by atoms with van der Waals surface area (Å²) in [6, 6.07) is 1.33. The van der Waals surface area contributed by atoms with Crippen LogP contribution in [0.2, 0.25) is 0 Å². The van der Waals surface area contributed by atoms with Gasteiger partial charge in [-0.25, -0.2) is 9.69 Å². The molecular formula is C14H21N5O3. The van der Waals surface area contributed by atoms with Crippen LogP contribution in [0.1, 0.15) is 26.2 Å². The molecule has 2 fully saturated rings. The second kappa shape index (κ2) is 6.75. The number of piperidine rings is 1. The first-order valence-electron chi connectivity index (χ1n) is 7.52. The van der Waals surface area contributed by atoms with Gasteiger partial charge < -0.3 is 10.6 Å². The van der Waals surface area contributed by atoms with Gasteiger partial charge >= 0.3 is 6.03 Å². The highest BCUT2D eigenvalue weighted by atomic mass is 16.2. The maximum Gasteiger partial charge on any atom is 0.325 e. The molecule has 0 aromatic carbocycles. The highest BCUT2D eigenvalue weighted by Gasteiger charge is 2.52. The quantitative estimate of drug-likeness (QED) is 0.522. The van der Waals surface area contributed by atoms with Crippen molar-refractivity contribution in [1.29, 1.82) is 5.26 Å². The lowest BCUT2D eigenvalue weighted by Gasteiger charge is -2.36. The number of likely N-dealkylation sites (tertiary alicyclic amines) is 1. The van der Waals surface area contributed by atoms with E-state index in [4.69, 9.17) is 5.26 Å². The van der Waals surface area contributed by atoms with E-state index in [-0.39, 0.29) is 18.4 Å². The van der Waals surface area contributed by atoms with Gasteiger partial charge in [0.05, 0.1) is 12.6 Å². The zero-order chi connectivity index (χ0) is 16.2. The molecular weight excluding hydrogens is 286 g/mol. The lowest BCUT2D eigenvalue weighted by atomic mass is 9.87. The Labute approximate surface area is 129 Å². The van der Waals surface area contributed by atoms with Crippen LogP contribution in [0.4, 0.5) is 4.79 Å². The van der Waals surface area contributed by atoms with Crippen LogP contribution in [0, 0.1) is 11.3 Å². The molecule has 1 spiro atoms. The smallest absolute Gasteiger partial charge is 0.325 e. The van der Waals surface area contributed by atoms with Gasteiger partial charge in [-0.1, -0.05) is 6.92 Å². The van der Waals surface area contributed by atoms with E-state index in [1.807, 2.05) is 17.9 Å². The Balaban J connectivity index is 1.89. The predicted molar refractivity (Wildman–Crippen MR) is 77.6 cm³/mol. The van der Waals surface area contributed by atoms with E-state index in [0.29, 0.717) is 39.0 Å². The van der Waals surface area contributed by atoms with Crippen molar-refractivity contribution >= 4 is 17.8 Å². The topological polar surface area (TPSA) is 106 Å². The molecule has 8 heteroatoms. The van der Waals surface area contributed by atoms with E-state index in [2.05, 4.69) is 10.6 Å². The summed E-state index contributed by atoms with van der Waals surface area (Å²) < 4.78 is 0. The van der Waals surface area contributed by atoms with Crippen LogP contribution in [0.3, 0.4) is 0 Å². The third-order valence-electron chi connectivity index (χ3n) is 4.12. The van der Waals surface area contributed by atoms with Crippen molar-refractivity contribution in [3.8, 4) is 6.07 Å². The van der Waals surface area contributed by atoms with Crippen molar-refractivity contribution in [3.05, 3.63) is 0 Å². The molecule has 2 saturated heterocycles. The number of carbonyl (C=O) groups is 3. The maximum atomic E-state index is 12.3. The van der Waals surface area contributed by atoms with Crippen LogP contribution in [0.25, 0.3) is 0 Å². The number of nitrogens with one attached hydrogen (secondary N) is 2. The van der Waals surface area contributed by atoms with Gasteiger partial charge in [0, 0.05) is 19.6 Å². The van der Waals surface area contributed by atoms with E-state index >= 15 is 0 Å². The van der Waals surface area contributed by atoms with Crippen LogP contribution in [-0.4, -0.2) is 65.9 Å². The van der Waals surface area contributed by atoms with Crippen molar-refractivity contribution in [2.75, 3.05) is 32.7 Å². The summed E-state index contributed by atoms with van der Waals surface area (Å²) in [5.74, 6) is -0.347. The average molecular weight is 307 g/mol. The van der Waals surface area contributed by atoms with Gasteiger partial charge in [-0.05, 0) is 19.3 Å². The van der Waals surface area contributed by atoms with Crippen LogP contribution in [0.15, 0.2) is 0 Å². The fourth-order valence-corrected chi connectivity index (χ4v) is 2.85. The fraction of sp³-hybridized carbons (Fsp3) is 0.714. The number of nitriles is 1. The van der Waals surface area contributed by atoms with Crippen molar-refractivity contribution in [2.45, 2.75) is 31.7 Å². The van der Waals surface area contributed by atoms with Crippen molar-refractivity contribution in [3.63, 3.8) is 0 Å². The molecule has 0 aliphatic carbocycles. The van der Waals surface area contributed by atoms with Gasteiger partial charge in [-0.2, -0.15) is 5.26 Å². The molecule has 120 valence electrons. The van der Waals surface area contributed by atoms with Crippen LogP contribution >= 0.6 is 0 Å². The lowest BCUT2D eigenvalue weighted by Crippen LogP contribution is -2.56. The largest absolute Gasteiger partial charge is 0.355 e. The first-order valence-corrected chi connectivity index (χ1v) is 7.52. The first-order chi connectivity index (χ1) is 10.5. The molecule has 0 aromatic heterocycles. The predicted octanol–water partition coefficient (Wildman–Crippen LogP) is -0.577. The zero-order valence-corrected chi connectivity index (χ0v) is 12.7. The van der Waals surface area contributed by atoms with Gasteiger partial charge in [-0.3, -0.25) is 14.5 Å². The molecule has 0 unspecified atom stereocenters. The minimum absolute atomic E-state index is 0.0225. The SMILES string of the molecule is CCCNC(=O)CN1CCC2(CC1)NC(=O)N(CC#N)C2=O. The molecule has 2 aliphatic heterocycles. The number of imide groups is 1. The number of hydrogen-bond acceptors (Lipinski definition) is 5. The fourth-order valence-electron chi connectivity index (χ4n) is 2.85. The number of amides is 4. The molecule has 22 heavy (non-hydrogen) atoms. The highest BCUT2D eigenvalue weighted by molar-refractivity contribution is 6.07. The number of urea groups is 1. The Hall–Kier alpha value is -2.14. The summed E-state index contributed by atoms with van der Waals surface area (Å²) in [5.41, 5.74) is -0.898. The van der Waals surface area contributed by atoms with E-state index in [0.717, 1.165) is 11.3 Å². The van der Waals surface area contributed by atoms with E-state index in [1.165, 1.54) is 0 Å². The molecule has 2 heterocycles. The summed E-state index contributed by atoms with van der Waals surface area (Å²) >= 11 is 0. The monoisotopic (exact) mass is 307 g/mol. The standard InChI is InChI=1S/C14H21N5O3/c1-2-6-16-11(20)10-18-7-3-14(4-8-18)12(21)19(9-5-15)13(22)17-14/h2-4,6-10H2,1H3,(H,16,20)(H,17,22). The Morgan fingerprint density at radius 3 is 2.68 bits per heavy atom. The summed E-state index contributed by atoms with van der Waals surface area (Å²) in [6.07, 6.45) is 1.81. The van der Waals surface area contributed by atoms with Gasteiger partial charge in [0.15, 0.2) is 0 Å². The first kappa shape index (κ1) is 16.2. The second-order valence-corrected chi connectivity index (χ2v) is 5.69. The maximum absolute atomic E-state index is 12.3. The van der Waals surface area contributed by atoms with E-state index in [1.54, 1.807) is 0 Å². The average Bonchev–Trinajstić information content (AvgIpc) is 2.73. The van der Waals surface area contributed by atoms with Gasteiger partial charge in [0.1, 0.15) is 12.1 Å². The molecule has 8 nitrogen and oxygen atoms in total. The number of nitrogens with zero attached hydrogens (tertiary/aromatic N) is 3. The Kier molecular flexibility index (Phi) is 4.98. The number of carbonyl (C=O) groups excluding carboxylic acids is 3. The molecule has 0 atom stereocenters. The molecule has 0 bridgehead atoms. The molecule has 0 radical (unpaired) electrons. The van der Waals surface area contributed by atoms with Crippen LogP contribution in [0.5, 0.6) is 0 Å². The molecule has 0 saturated carbocycles. The second-order valence-electron chi connectivity index (χ2n) is 5.69. The number of rotatable bonds is 5. The highest BCUT2D eigenvalue weighted by Crippen LogP contribution is 2.29. The molecule has 2 rings (SSSR count). The summed E-state index contributed by atoms with van der Waals surface area (Å²) in [5, 5.41) is 14.2. The minimum atomic E-state index is -0.898. The number of hydrogen-bond donors (Lipinski definition) is 2.